The Kier molecular flexibility index (Phi) is 3.53. The number of hydrogen-bond acceptors (Lipinski definition) is 3. The van der Waals surface area contributed by atoms with E-state index in [-0.39, 0.29) is 11.2 Å². The molecule has 24 heavy (non-hydrogen) atoms. The third-order valence-electron chi connectivity index (χ3n) is 7.84. The lowest BCUT2D eigenvalue weighted by Gasteiger charge is -2.64. The third-order valence-corrected chi connectivity index (χ3v) is 8.97. The summed E-state index contributed by atoms with van der Waals surface area (Å²) in [6.07, 6.45) is 6.38. The van der Waals surface area contributed by atoms with Crippen LogP contribution < -0.4 is 0 Å². The third kappa shape index (κ3) is 2.09. The first-order chi connectivity index (χ1) is 11.2. The van der Waals surface area contributed by atoms with Crippen molar-refractivity contribution >= 4 is 11.8 Å². The van der Waals surface area contributed by atoms with Gasteiger partial charge in [0, 0.05) is 27.7 Å². The van der Waals surface area contributed by atoms with Crippen LogP contribution in [0, 0.1) is 22.7 Å². The van der Waals surface area contributed by atoms with Crippen LogP contribution in [0.2, 0.25) is 0 Å². The maximum absolute atomic E-state index is 10.7. The van der Waals surface area contributed by atoms with E-state index in [1.165, 1.54) is 31.7 Å². The Bertz CT molecular complexity index is 683. The van der Waals surface area contributed by atoms with Crippen LogP contribution in [0.15, 0.2) is 17.0 Å². The summed E-state index contributed by atoms with van der Waals surface area (Å²) in [4.78, 5) is 1.09. The summed E-state index contributed by atoms with van der Waals surface area (Å²) >= 11 is 1.84. The highest BCUT2D eigenvalue weighted by Gasteiger charge is 2.60. The van der Waals surface area contributed by atoms with Gasteiger partial charge in [-0.2, -0.15) is 0 Å². The van der Waals surface area contributed by atoms with E-state index in [9.17, 15) is 10.2 Å². The molecule has 0 spiro atoms. The van der Waals surface area contributed by atoms with Crippen LogP contribution in [-0.2, 0) is 5.41 Å². The molecule has 2 aliphatic carbocycles. The number of aromatic hydroxyl groups is 2. The van der Waals surface area contributed by atoms with Crippen LogP contribution in [0.1, 0.15) is 65.4 Å². The molecule has 1 aromatic carbocycles. The Morgan fingerprint density at radius 2 is 1.75 bits per heavy atom. The molecule has 0 saturated heterocycles. The fraction of sp³-hybridized carbons (Fsp3) is 0.714. The Labute approximate surface area is 150 Å². The highest BCUT2D eigenvalue weighted by molar-refractivity contribution is 7.99. The molecule has 0 radical (unpaired) electrons. The van der Waals surface area contributed by atoms with E-state index in [0.29, 0.717) is 22.5 Å². The second kappa shape index (κ2) is 5.09. The van der Waals surface area contributed by atoms with Crippen LogP contribution in [0.4, 0.5) is 0 Å². The zero-order chi connectivity index (χ0) is 17.3. The minimum atomic E-state index is 0.0248. The van der Waals surface area contributed by atoms with E-state index >= 15 is 0 Å². The van der Waals surface area contributed by atoms with Crippen LogP contribution in [0.5, 0.6) is 11.5 Å². The molecule has 2 fully saturated rings. The van der Waals surface area contributed by atoms with Crippen molar-refractivity contribution in [3.63, 3.8) is 0 Å². The number of rotatable bonds is 0. The second-order valence-corrected chi connectivity index (χ2v) is 10.6. The van der Waals surface area contributed by atoms with E-state index in [4.69, 9.17) is 0 Å². The van der Waals surface area contributed by atoms with Gasteiger partial charge in [-0.05, 0) is 54.4 Å². The largest absolute Gasteiger partial charge is 0.508 e. The van der Waals surface area contributed by atoms with Crippen LogP contribution in [0.25, 0.3) is 0 Å². The van der Waals surface area contributed by atoms with Crippen LogP contribution >= 0.6 is 11.8 Å². The van der Waals surface area contributed by atoms with E-state index in [2.05, 4.69) is 27.7 Å². The Morgan fingerprint density at radius 1 is 1.00 bits per heavy atom. The minimum absolute atomic E-state index is 0.0248. The lowest BCUT2D eigenvalue weighted by atomic mass is 9.43. The molecule has 132 valence electrons. The summed E-state index contributed by atoms with van der Waals surface area (Å²) in [5.74, 6) is 2.95. The summed E-state index contributed by atoms with van der Waals surface area (Å²) in [6.45, 7) is 9.84. The first-order valence-corrected chi connectivity index (χ1v) is 10.4. The normalized spacial score (nSPS) is 40.3. The van der Waals surface area contributed by atoms with Crippen LogP contribution in [-0.4, -0.2) is 16.0 Å². The minimum Gasteiger partial charge on any atom is -0.508 e. The molecular formula is C21H30O2S. The van der Waals surface area contributed by atoms with Crippen molar-refractivity contribution in [3.05, 3.63) is 17.7 Å². The number of phenolic OH excluding ortho intramolecular Hbond substituents is 2. The summed E-state index contributed by atoms with van der Waals surface area (Å²) in [5, 5.41) is 20.5. The van der Waals surface area contributed by atoms with Crippen molar-refractivity contribution < 1.29 is 10.2 Å². The van der Waals surface area contributed by atoms with Gasteiger partial charge in [-0.15, -0.1) is 11.8 Å². The lowest BCUT2D eigenvalue weighted by molar-refractivity contribution is -0.0976. The van der Waals surface area contributed by atoms with Crippen molar-refractivity contribution in [1.82, 2.24) is 0 Å². The molecule has 0 bridgehead atoms. The molecule has 0 amide bonds. The van der Waals surface area contributed by atoms with Crippen LogP contribution in [0.3, 0.4) is 0 Å². The van der Waals surface area contributed by atoms with Gasteiger partial charge in [0.1, 0.15) is 11.5 Å². The predicted molar refractivity (Wildman–Crippen MR) is 99.8 cm³/mol. The average molecular weight is 347 g/mol. The fourth-order valence-corrected chi connectivity index (χ4v) is 8.55. The topological polar surface area (TPSA) is 40.5 Å². The number of benzene rings is 1. The van der Waals surface area contributed by atoms with Gasteiger partial charge < -0.3 is 10.2 Å². The van der Waals surface area contributed by atoms with Gasteiger partial charge in [-0.25, -0.2) is 0 Å². The van der Waals surface area contributed by atoms with Crippen molar-refractivity contribution in [2.45, 2.75) is 70.1 Å². The van der Waals surface area contributed by atoms with Gasteiger partial charge >= 0.3 is 0 Å². The van der Waals surface area contributed by atoms with Crippen molar-refractivity contribution in [2.24, 2.45) is 22.7 Å². The molecule has 4 atom stereocenters. The van der Waals surface area contributed by atoms with Crippen molar-refractivity contribution in [1.29, 1.82) is 0 Å². The van der Waals surface area contributed by atoms with Gasteiger partial charge in [-0.1, -0.05) is 34.1 Å². The highest BCUT2D eigenvalue weighted by atomic mass is 32.2. The smallest absolute Gasteiger partial charge is 0.124 e. The summed E-state index contributed by atoms with van der Waals surface area (Å²) in [7, 11) is 0. The van der Waals surface area contributed by atoms with E-state index in [0.717, 1.165) is 28.6 Å². The number of hydrogen-bond donors (Lipinski definition) is 2. The first-order valence-electron chi connectivity index (χ1n) is 9.38. The monoisotopic (exact) mass is 346 g/mol. The fourth-order valence-electron chi connectivity index (χ4n) is 6.77. The number of fused-ring (bicyclic) bond motifs is 5. The van der Waals surface area contributed by atoms with Gasteiger partial charge in [0.25, 0.3) is 0 Å². The summed E-state index contributed by atoms with van der Waals surface area (Å²) in [5.41, 5.74) is 1.90. The molecule has 0 aromatic heterocycles. The van der Waals surface area contributed by atoms with Crippen molar-refractivity contribution in [2.75, 3.05) is 5.75 Å². The Morgan fingerprint density at radius 3 is 2.50 bits per heavy atom. The molecule has 1 aromatic rings. The standard InChI is InChI=1S/C21H30O2S/c1-19(2)7-5-8-20(3)16(19)6-9-21(4)17(20)12-24-15-11-13(22)10-14(23)18(15)21/h10-11,16-17,22-23H,5-9,12H2,1-4H3/t16-,17+,20-,21+/m0/s1. The zero-order valence-electron chi connectivity index (χ0n) is 15.4. The maximum Gasteiger partial charge on any atom is 0.124 e. The van der Waals surface area contributed by atoms with Gasteiger partial charge in [-0.3, -0.25) is 0 Å². The molecule has 2 saturated carbocycles. The second-order valence-electron chi connectivity index (χ2n) is 9.56. The molecule has 0 unspecified atom stereocenters. The lowest BCUT2D eigenvalue weighted by Crippen LogP contribution is -2.58. The molecular weight excluding hydrogens is 316 g/mol. The zero-order valence-corrected chi connectivity index (χ0v) is 16.2. The van der Waals surface area contributed by atoms with Crippen molar-refractivity contribution in [3.8, 4) is 11.5 Å². The van der Waals surface area contributed by atoms with E-state index in [1.54, 1.807) is 0 Å². The quantitative estimate of drug-likeness (QED) is 0.632. The molecule has 4 rings (SSSR count). The highest BCUT2D eigenvalue weighted by Crippen LogP contribution is 2.68. The first kappa shape index (κ1) is 16.6. The molecule has 3 aliphatic rings. The molecule has 3 heteroatoms. The molecule has 1 heterocycles. The van der Waals surface area contributed by atoms with E-state index < -0.39 is 0 Å². The average Bonchev–Trinajstić information content (AvgIpc) is 2.44. The molecule has 2 nitrogen and oxygen atoms in total. The SMILES string of the molecule is CC1(C)CCC[C@]2(C)[C@H]3CSc4cc(O)cc(O)c4[C@]3(C)CC[C@@H]12. The Hall–Kier alpha value is -0.830. The summed E-state index contributed by atoms with van der Waals surface area (Å²) in [6, 6.07) is 3.38. The molecule has 2 N–H and O–H groups in total. The van der Waals surface area contributed by atoms with Gasteiger partial charge in [0.05, 0.1) is 0 Å². The van der Waals surface area contributed by atoms with E-state index in [1.807, 2.05) is 17.8 Å². The number of thioether (sulfide) groups is 1. The predicted octanol–water partition coefficient (Wildman–Crippen LogP) is 5.70. The van der Waals surface area contributed by atoms with Gasteiger partial charge in [0.2, 0.25) is 0 Å². The number of phenols is 2. The summed E-state index contributed by atoms with van der Waals surface area (Å²) < 4.78 is 0. The van der Waals surface area contributed by atoms with Gasteiger partial charge in [0.15, 0.2) is 0 Å². The Balaban J connectivity index is 1.84. The maximum atomic E-state index is 10.7. The molecule has 1 aliphatic heterocycles.